The lowest BCUT2D eigenvalue weighted by molar-refractivity contribution is -0.143. The van der Waals surface area contributed by atoms with Gasteiger partial charge < -0.3 is 15.0 Å². The number of carbonyl (C=O) groups is 1. The fourth-order valence-corrected chi connectivity index (χ4v) is 2.17. The average Bonchev–Trinajstić information content (AvgIpc) is 2.67. The molecule has 0 saturated carbocycles. The number of rotatable bonds is 3. The molecule has 0 saturated heterocycles. The van der Waals surface area contributed by atoms with E-state index in [0.29, 0.717) is 0 Å². The number of nitrogens with one attached hydrogen (secondary N) is 2. The molecule has 1 heterocycles. The summed E-state index contributed by atoms with van der Waals surface area (Å²) in [5, 5.41) is 4.04. The van der Waals surface area contributed by atoms with Crippen molar-refractivity contribution < 1.29 is 9.53 Å². The molecular weight excluding hydrogens is 216 g/mol. The molecule has 90 valence electrons. The van der Waals surface area contributed by atoms with Crippen LogP contribution in [0.2, 0.25) is 0 Å². The first-order chi connectivity index (χ1) is 8.19. The summed E-state index contributed by atoms with van der Waals surface area (Å²) in [6.45, 7) is 1.96. The van der Waals surface area contributed by atoms with Crippen molar-refractivity contribution in [2.75, 3.05) is 14.2 Å². The summed E-state index contributed by atoms with van der Waals surface area (Å²) in [5.41, 5.74) is 2.97. The van der Waals surface area contributed by atoms with Crippen molar-refractivity contribution >= 4 is 16.9 Å². The number of aromatic amines is 1. The molecule has 17 heavy (non-hydrogen) atoms. The van der Waals surface area contributed by atoms with Gasteiger partial charge in [-0.3, -0.25) is 0 Å². The van der Waals surface area contributed by atoms with E-state index in [9.17, 15) is 4.79 Å². The number of carbonyl (C=O) groups excluding carboxylic acids is 1. The van der Waals surface area contributed by atoms with Gasteiger partial charge in [0.25, 0.3) is 0 Å². The largest absolute Gasteiger partial charge is 0.468 e. The summed E-state index contributed by atoms with van der Waals surface area (Å²) in [6.07, 6.45) is 0. The molecule has 4 nitrogen and oxygen atoms in total. The van der Waals surface area contributed by atoms with Gasteiger partial charge in [0, 0.05) is 22.2 Å². The van der Waals surface area contributed by atoms with Gasteiger partial charge in [0.1, 0.15) is 6.04 Å². The molecule has 0 bridgehead atoms. The fourth-order valence-electron chi connectivity index (χ4n) is 2.17. The second-order valence-corrected chi connectivity index (χ2v) is 3.95. The summed E-state index contributed by atoms with van der Waals surface area (Å²) < 4.78 is 4.82. The molecule has 0 spiro atoms. The van der Waals surface area contributed by atoms with E-state index >= 15 is 0 Å². The smallest absolute Gasteiger partial charge is 0.327 e. The number of hydrogen-bond donors (Lipinski definition) is 2. The zero-order valence-corrected chi connectivity index (χ0v) is 10.2. The standard InChI is InChI=1S/C13H16N2O2/c1-8-11(12(14-2)13(16)17-3)9-6-4-5-7-10(9)15-8/h4-7,12,14-15H,1-3H3. The molecule has 2 rings (SSSR count). The maximum absolute atomic E-state index is 11.7. The van der Waals surface area contributed by atoms with Crippen molar-refractivity contribution in [3.8, 4) is 0 Å². The number of fused-ring (bicyclic) bond motifs is 1. The molecule has 1 aromatic heterocycles. The van der Waals surface area contributed by atoms with Crippen molar-refractivity contribution in [3.63, 3.8) is 0 Å². The minimum absolute atomic E-state index is 0.277. The summed E-state index contributed by atoms with van der Waals surface area (Å²) in [5.74, 6) is -0.277. The Hall–Kier alpha value is -1.81. The van der Waals surface area contributed by atoms with Crippen molar-refractivity contribution in [2.24, 2.45) is 0 Å². The SMILES string of the molecule is CNC(C(=O)OC)c1c(C)[nH]c2ccccc12. The molecule has 1 aromatic carbocycles. The zero-order valence-electron chi connectivity index (χ0n) is 10.2. The highest BCUT2D eigenvalue weighted by Gasteiger charge is 2.24. The van der Waals surface area contributed by atoms with Gasteiger partial charge >= 0.3 is 5.97 Å². The summed E-state index contributed by atoms with van der Waals surface area (Å²) in [6, 6.07) is 7.49. The number of aryl methyl sites for hydroxylation is 1. The Kier molecular flexibility index (Phi) is 3.15. The van der Waals surface area contributed by atoms with E-state index in [0.717, 1.165) is 22.2 Å². The first-order valence-corrected chi connectivity index (χ1v) is 5.51. The highest BCUT2D eigenvalue weighted by Crippen LogP contribution is 2.28. The van der Waals surface area contributed by atoms with E-state index in [1.807, 2.05) is 31.2 Å². The summed E-state index contributed by atoms with van der Waals surface area (Å²) in [7, 11) is 3.15. The summed E-state index contributed by atoms with van der Waals surface area (Å²) in [4.78, 5) is 15.0. The van der Waals surface area contributed by atoms with Crippen LogP contribution in [0.1, 0.15) is 17.3 Å². The first kappa shape index (κ1) is 11.7. The molecule has 2 N–H and O–H groups in total. The Bertz CT molecular complexity index is 545. The molecule has 1 atom stereocenters. The van der Waals surface area contributed by atoms with Crippen LogP contribution in [0, 0.1) is 6.92 Å². The number of esters is 1. The quantitative estimate of drug-likeness (QED) is 0.795. The second-order valence-electron chi connectivity index (χ2n) is 3.95. The lowest BCUT2D eigenvalue weighted by Gasteiger charge is -2.14. The Labute approximate surface area is 100.0 Å². The number of H-pyrrole nitrogens is 1. The van der Waals surface area contributed by atoms with Gasteiger partial charge in [0.2, 0.25) is 0 Å². The van der Waals surface area contributed by atoms with Crippen LogP contribution in [0.4, 0.5) is 0 Å². The van der Waals surface area contributed by atoms with Crippen LogP contribution in [0.15, 0.2) is 24.3 Å². The Balaban J connectivity index is 2.60. The fraction of sp³-hybridized carbons (Fsp3) is 0.308. The van der Waals surface area contributed by atoms with Crippen molar-refractivity contribution in [1.29, 1.82) is 0 Å². The first-order valence-electron chi connectivity index (χ1n) is 5.51. The number of ether oxygens (including phenoxy) is 1. The lowest BCUT2D eigenvalue weighted by atomic mass is 10.0. The van der Waals surface area contributed by atoms with E-state index in [1.165, 1.54) is 7.11 Å². The van der Waals surface area contributed by atoms with Crippen LogP contribution < -0.4 is 5.32 Å². The molecule has 4 heteroatoms. The van der Waals surface area contributed by atoms with Crippen LogP contribution in [-0.4, -0.2) is 25.1 Å². The van der Waals surface area contributed by atoms with Gasteiger partial charge in [-0.2, -0.15) is 0 Å². The Morgan fingerprint density at radius 2 is 2.12 bits per heavy atom. The number of benzene rings is 1. The third-order valence-electron chi connectivity index (χ3n) is 2.96. The molecule has 0 fully saturated rings. The van der Waals surface area contributed by atoms with Gasteiger partial charge in [-0.1, -0.05) is 18.2 Å². The van der Waals surface area contributed by atoms with Crippen LogP contribution in [0.5, 0.6) is 0 Å². The predicted molar refractivity (Wildman–Crippen MR) is 66.9 cm³/mol. The van der Waals surface area contributed by atoms with Crippen molar-refractivity contribution in [3.05, 3.63) is 35.5 Å². The molecule has 0 aliphatic carbocycles. The van der Waals surface area contributed by atoms with Gasteiger partial charge in [0.05, 0.1) is 7.11 Å². The molecule has 0 radical (unpaired) electrons. The number of para-hydroxylation sites is 1. The van der Waals surface area contributed by atoms with E-state index in [4.69, 9.17) is 4.74 Å². The van der Waals surface area contributed by atoms with Gasteiger partial charge in [-0.25, -0.2) is 4.79 Å². The van der Waals surface area contributed by atoms with E-state index in [-0.39, 0.29) is 5.97 Å². The van der Waals surface area contributed by atoms with E-state index in [1.54, 1.807) is 7.05 Å². The topological polar surface area (TPSA) is 54.1 Å². The highest BCUT2D eigenvalue weighted by molar-refractivity contribution is 5.90. The lowest BCUT2D eigenvalue weighted by Crippen LogP contribution is -2.26. The minimum atomic E-state index is -0.434. The molecule has 1 unspecified atom stereocenters. The number of aromatic nitrogens is 1. The molecule has 2 aromatic rings. The van der Waals surface area contributed by atoms with Crippen LogP contribution in [0.3, 0.4) is 0 Å². The van der Waals surface area contributed by atoms with Crippen LogP contribution in [-0.2, 0) is 9.53 Å². The van der Waals surface area contributed by atoms with Crippen molar-refractivity contribution in [2.45, 2.75) is 13.0 Å². The summed E-state index contributed by atoms with van der Waals surface area (Å²) >= 11 is 0. The molecule has 0 aliphatic rings. The van der Waals surface area contributed by atoms with Crippen molar-refractivity contribution in [1.82, 2.24) is 10.3 Å². The van der Waals surface area contributed by atoms with Gasteiger partial charge in [-0.15, -0.1) is 0 Å². The van der Waals surface area contributed by atoms with Crippen LogP contribution >= 0.6 is 0 Å². The highest BCUT2D eigenvalue weighted by atomic mass is 16.5. The Morgan fingerprint density at radius 1 is 1.41 bits per heavy atom. The second kappa shape index (κ2) is 4.59. The number of likely N-dealkylation sites (N-methyl/N-ethyl adjacent to an activating group) is 1. The monoisotopic (exact) mass is 232 g/mol. The zero-order chi connectivity index (χ0) is 12.4. The maximum Gasteiger partial charge on any atom is 0.327 e. The molecule has 0 aliphatic heterocycles. The number of hydrogen-bond acceptors (Lipinski definition) is 3. The molecule has 0 amide bonds. The third kappa shape index (κ3) is 1.91. The van der Waals surface area contributed by atoms with E-state index in [2.05, 4.69) is 10.3 Å². The van der Waals surface area contributed by atoms with Crippen LogP contribution in [0.25, 0.3) is 10.9 Å². The maximum atomic E-state index is 11.7. The normalized spacial score (nSPS) is 12.6. The minimum Gasteiger partial charge on any atom is -0.468 e. The molecular formula is C13H16N2O2. The van der Waals surface area contributed by atoms with Gasteiger partial charge in [-0.05, 0) is 20.0 Å². The number of methoxy groups -OCH3 is 1. The Morgan fingerprint density at radius 3 is 2.76 bits per heavy atom. The van der Waals surface area contributed by atoms with E-state index < -0.39 is 6.04 Å². The van der Waals surface area contributed by atoms with Gasteiger partial charge in [0.15, 0.2) is 0 Å². The average molecular weight is 232 g/mol. The predicted octanol–water partition coefficient (Wildman–Crippen LogP) is 1.91. The third-order valence-corrected chi connectivity index (χ3v) is 2.96.